The van der Waals surface area contributed by atoms with Gasteiger partial charge < -0.3 is 5.32 Å². The van der Waals surface area contributed by atoms with Crippen LogP contribution in [0.25, 0.3) is 5.82 Å². The van der Waals surface area contributed by atoms with Gasteiger partial charge in [-0.1, -0.05) is 0 Å². The number of nitrogens with one attached hydrogen (secondary N) is 1. The van der Waals surface area contributed by atoms with Gasteiger partial charge in [-0.3, -0.25) is 4.68 Å². The quantitative estimate of drug-likeness (QED) is 0.759. The summed E-state index contributed by atoms with van der Waals surface area (Å²) in [6, 6.07) is 3.85. The Balaban J connectivity index is 1.77. The van der Waals surface area contributed by atoms with E-state index < -0.39 is 0 Å². The molecule has 0 aliphatic heterocycles. The fraction of sp³-hybridized carbons (Fsp3) is 0.231. The number of aryl methyl sites for hydroxylation is 1. The average molecular weight is 269 g/mol. The van der Waals surface area contributed by atoms with E-state index in [2.05, 4.69) is 32.4 Å². The Labute approximate surface area is 116 Å². The van der Waals surface area contributed by atoms with Crippen molar-refractivity contribution in [1.29, 1.82) is 0 Å². The van der Waals surface area contributed by atoms with Crippen molar-refractivity contribution in [2.45, 2.75) is 20.0 Å². The third-order valence-corrected chi connectivity index (χ3v) is 2.92. The third-order valence-electron chi connectivity index (χ3n) is 2.92. The minimum atomic E-state index is 0.688. The minimum Gasteiger partial charge on any atom is -0.378 e. The SMILES string of the molecule is CCn1cc(CNc2cccnc2-n2cncn2)cn1. The van der Waals surface area contributed by atoms with E-state index in [4.69, 9.17) is 0 Å². The van der Waals surface area contributed by atoms with Crippen molar-refractivity contribution < 1.29 is 0 Å². The Morgan fingerprint density at radius 3 is 3.00 bits per heavy atom. The van der Waals surface area contributed by atoms with Gasteiger partial charge >= 0.3 is 0 Å². The number of pyridine rings is 1. The lowest BCUT2D eigenvalue weighted by atomic mass is 10.3. The summed E-state index contributed by atoms with van der Waals surface area (Å²) >= 11 is 0. The van der Waals surface area contributed by atoms with Crippen LogP contribution in [0.3, 0.4) is 0 Å². The van der Waals surface area contributed by atoms with Crippen LogP contribution >= 0.6 is 0 Å². The van der Waals surface area contributed by atoms with Crippen molar-refractivity contribution in [2.24, 2.45) is 0 Å². The summed E-state index contributed by atoms with van der Waals surface area (Å²) in [7, 11) is 0. The first-order valence-corrected chi connectivity index (χ1v) is 6.42. The van der Waals surface area contributed by atoms with E-state index in [1.807, 2.05) is 29.2 Å². The molecule has 0 unspecified atom stereocenters. The number of nitrogens with zero attached hydrogens (tertiary/aromatic N) is 6. The zero-order valence-electron chi connectivity index (χ0n) is 11.1. The highest BCUT2D eigenvalue weighted by Gasteiger charge is 2.06. The van der Waals surface area contributed by atoms with Crippen LogP contribution in [0.5, 0.6) is 0 Å². The summed E-state index contributed by atoms with van der Waals surface area (Å²) in [5, 5.41) is 11.7. The van der Waals surface area contributed by atoms with Crippen molar-refractivity contribution in [3.63, 3.8) is 0 Å². The van der Waals surface area contributed by atoms with Crippen LogP contribution in [0.1, 0.15) is 12.5 Å². The summed E-state index contributed by atoms with van der Waals surface area (Å²) in [4.78, 5) is 8.28. The molecule has 0 atom stereocenters. The van der Waals surface area contributed by atoms with Gasteiger partial charge in [0.05, 0.1) is 11.9 Å². The highest BCUT2D eigenvalue weighted by Crippen LogP contribution is 2.16. The summed E-state index contributed by atoms with van der Waals surface area (Å²) in [5.74, 6) is 0.730. The second-order valence-electron chi connectivity index (χ2n) is 4.27. The molecule has 7 nitrogen and oxygen atoms in total. The monoisotopic (exact) mass is 269 g/mol. The largest absolute Gasteiger partial charge is 0.378 e. The Morgan fingerprint density at radius 1 is 1.30 bits per heavy atom. The molecule has 0 saturated carbocycles. The van der Waals surface area contributed by atoms with Gasteiger partial charge in [-0.25, -0.2) is 14.6 Å². The summed E-state index contributed by atoms with van der Waals surface area (Å²) in [6.45, 7) is 3.62. The van der Waals surface area contributed by atoms with E-state index >= 15 is 0 Å². The molecule has 3 aromatic heterocycles. The van der Waals surface area contributed by atoms with Crippen LogP contribution in [0.15, 0.2) is 43.4 Å². The maximum atomic E-state index is 4.33. The highest BCUT2D eigenvalue weighted by molar-refractivity contribution is 5.56. The summed E-state index contributed by atoms with van der Waals surface area (Å²) in [6.07, 6.45) is 8.74. The smallest absolute Gasteiger partial charge is 0.178 e. The van der Waals surface area contributed by atoms with Gasteiger partial charge in [0.2, 0.25) is 0 Å². The van der Waals surface area contributed by atoms with Crippen LogP contribution in [0.2, 0.25) is 0 Å². The predicted octanol–water partition coefficient (Wildman–Crippen LogP) is 1.49. The Bertz CT molecular complexity index is 672. The Hall–Kier alpha value is -2.70. The van der Waals surface area contributed by atoms with Gasteiger partial charge in [0, 0.05) is 31.0 Å². The minimum absolute atomic E-state index is 0.688. The molecule has 102 valence electrons. The number of hydrogen-bond acceptors (Lipinski definition) is 5. The number of anilines is 1. The number of aromatic nitrogens is 6. The number of hydrogen-bond donors (Lipinski definition) is 1. The number of rotatable bonds is 5. The second kappa shape index (κ2) is 5.52. The van der Waals surface area contributed by atoms with E-state index in [-0.39, 0.29) is 0 Å². The van der Waals surface area contributed by atoms with Crippen LogP contribution in [-0.2, 0) is 13.1 Å². The summed E-state index contributed by atoms with van der Waals surface area (Å²) in [5.41, 5.74) is 2.03. The molecule has 3 rings (SSSR count). The molecule has 0 spiro atoms. The molecule has 7 heteroatoms. The lowest BCUT2D eigenvalue weighted by Crippen LogP contribution is -2.06. The molecule has 0 fully saturated rings. The zero-order valence-corrected chi connectivity index (χ0v) is 11.1. The first-order valence-electron chi connectivity index (χ1n) is 6.42. The highest BCUT2D eigenvalue weighted by atomic mass is 15.3. The van der Waals surface area contributed by atoms with Crippen molar-refractivity contribution in [1.82, 2.24) is 29.5 Å². The molecule has 0 amide bonds. The van der Waals surface area contributed by atoms with E-state index in [0.717, 1.165) is 23.6 Å². The maximum Gasteiger partial charge on any atom is 0.178 e. The normalized spacial score (nSPS) is 10.7. The van der Waals surface area contributed by atoms with Crippen LogP contribution in [-0.4, -0.2) is 29.5 Å². The average Bonchev–Trinajstić information content (AvgIpc) is 3.17. The molecule has 0 bridgehead atoms. The van der Waals surface area contributed by atoms with Gasteiger partial charge in [-0.15, -0.1) is 0 Å². The van der Waals surface area contributed by atoms with E-state index in [0.29, 0.717) is 6.54 Å². The Kier molecular flexibility index (Phi) is 3.40. The topological polar surface area (TPSA) is 73.5 Å². The molecule has 0 aliphatic carbocycles. The van der Waals surface area contributed by atoms with Crippen molar-refractivity contribution in [3.05, 3.63) is 48.9 Å². The zero-order chi connectivity index (χ0) is 13.8. The molecule has 3 aromatic rings. The van der Waals surface area contributed by atoms with Crippen LogP contribution in [0.4, 0.5) is 5.69 Å². The predicted molar refractivity (Wildman–Crippen MR) is 74.4 cm³/mol. The molecule has 0 radical (unpaired) electrons. The van der Waals surface area contributed by atoms with Gasteiger partial charge in [0.25, 0.3) is 0 Å². The first-order chi connectivity index (χ1) is 9.86. The molecular weight excluding hydrogens is 254 g/mol. The second-order valence-corrected chi connectivity index (χ2v) is 4.27. The van der Waals surface area contributed by atoms with Crippen LogP contribution < -0.4 is 5.32 Å². The van der Waals surface area contributed by atoms with E-state index in [9.17, 15) is 0 Å². The lowest BCUT2D eigenvalue weighted by molar-refractivity contribution is 0.659. The first kappa shape index (κ1) is 12.3. The molecule has 0 saturated heterocycles. The molecule has 0 aromatic carbocycles. The van der Waals surface area contributed by atoms with Crippen molar-refractivity contribution in [2.75, 3.05) is 5.32 Å². The van der Waals surface area contributed by atoms with Gasteiger partial charge in [0.1, 0.15) is 12.7 Å². The van der Waals surface area contributed by atoms with Gasteiger partial charge in [-0.05, 0) is 19.1 Å². The molecule has 0 aliphatic rings. The fourth-order valence-electron chi connectivity index (χ4n) is 1.90. The van der Waals surface area contributed by atoms with E-state index in [1.54, 1.807) is 17.2 Å². The van der Waals surface area contributed by atoms with Gasteiger partial charge in [-0.2, -0.15) is 10.2 Å². The summed E-state index contributed by atoms with van der Waals surface area (Å²) < 4.78 is 3.54. The molecule has 3 heterocycles. The van der Waals surface area contributed by atoms with Gasteiger partial charge in [0.15, 0.2) is 5.82 Å². The fourth-order valence-corrected chi connectivity index (χ4v) is 1.90. The lowest BCUT2D eigenvalue weighted by Gasteiger charge is -2.09. The van der Waals surface area contributed by atoms with Crippen LogP contribution in [0, 0.1) is 0 Å². The maximum absolute atomic E-state index is 4.33. The standard InChI is InChI=1S/C13H15N7/c1-2-19-8-11(7-17-19)6-16-12-4-3-5-15-13(12)20-10-14-9-18-20/h3-5,7-10,16H,2,6H2,1H3. The van der Waals surface area contributed by atoms with Crippen molar-refractivity contribution in [3.8, 4) is 5.82 Å². The molecular formula is C13H15N7. The van der Waals surface area contributed by atoms with Crippen molar-refractivity contribution >= 4 is 5.69 Å². The van der Waals surface area contributed by atoms with E-state index in [1.165, 1.54) is 6.33 Å². The third kappa shape index (κ3) is 2.51. The molecule has 20 heavy (non-hydrogen) atoms. The molecule has 1 N–H and O–H groups in total. The Morgan fingerprint density at radius 2 is 2.25 bits per heavy atom.